The molecule has 0 bridgehead atoms. The molecule has 0 saturated carbocycles. The standard InChI is InChI=1S/C19H19F3N2O2/c1-26-14-4-2-13(3-5-14)12-23-8-10-24(11-9-23)19(25)15-6-7-16(20)18(22)17(15)21/h2-7H,8-12H2,1H3. The normalized spacial score (nSPS) is 15.2. The summed E-state index contributed by atoms with van der Waals surface area (Å²) in [7, 11) is 1.61. The lowest BCUT2D eigenvalue weighted by Gasteiger charge is -2.34. The van der Waals surface area contributed by atoms with Crippen LogP contribution in [-0.2, 0) is 6.54 Å². The number of methoxy groups -OCH3 is 1. The third-order valence-corrected chi connectivity index (χ3v) is 4.49. The van der Waals surface area contributed by atoms with Gasteiger partial charge < -0.3 is 9.64 Å². The molecule has 26 heavy (non-hydrogen) atoms. The highest BCUT2D eigenvalue weighted by Gasteiger charge is 2.26. The van der Waals surface area contributed by atoms with Gasteiger partial charge in [0, 0.05) is 32.7 Å². The fourth-order valence-corrected chi connectivity index (χ4v) is 2.96. The number of ether oxygens (including phenoxy) is 1. The van der Waals surface area contributed by atoms with E-state index in [4.69, 9.17) is 4.74 Å². The van der Waals surface area contributed by atoms with Crippen LogP contribution in [0.2, 0.25) is 0 Å². The monoisotopic (exact) mass is 364 g/mol. The predicted octanol–water partition coefficient (Wildman–Crippen LogP) is 3.07. The Kier molecular flexibility index (Phi) is 5.46. The molecule has 138 valence electrons. The summed E-state index contributed by atoms with van der Waals surface area (Å²) in [6.07, 6.45) is 0. The number of hydrogen-bond donors (Lipinski definition) is 0. The van der Waals surface area contributed by atoms with Gasteiger partial charge in [-0.3, -0.25) is 9.69 Å². The van der Waals surface area contributed by atoms with Crippen LogP contribution >= 0.6 is 0 Å². The predicted molar refractivity (Wildman–Crippen MR) is 90.5 cm³/mol. The van der Waals surface area contributed by atoms with Gasteiger partial charge in [-0.2, -0.15) is 0 Å². The number of halogens is 3. The van der Waals surface area contributed by atoms with Crippen molar-refractivity contribution in [3.05, 3.63) is 65.0 Å². The first kappa shape index (κ1) is 18.3. The quantitative estimate of drug-likeness (QED) is 0.782. The third-order valence-electron chi connectivity index (χ3n) is 4.49. The molecule has 0 radical (unpaired) electrons. The Morgan fingerprint density at radius 1 is 0.962 bits per heavy atom. The van der Waals surface area contributed by atoms with Crippen LogP contribution in [0, 0.1) is 17.5 Å². The van der Waals surface area contributed by atoms with Crippen LogP contribution in [0.15, 0.2) is 36.4 Å². The zero-order valence-electron chi connectivity index (χ0n) is 14.3. The van der Waals surface area contributed by atoms with Gasteiger partial charge in [-0.25, -0.2) is 13.2 Å². The van der Waals surface area contributed by atoms with Gasteiger partial charge in [0.2, 0.25) is 0 Å². The minimum atomic E-state index is -1.62. The van der Waals surface area contributed by atoms with Crippen LogP contribution in [0.1, 0.15) is 15.9 Å². The fraction of sp³-hybridized carbons (Fsp3) is 0.316. The molecule has 0 atom stereocenters. The molecule has 0 unspecified atom stereocenters. The number of carbonyl (C=O) groups excluding carboxylic acids is 1. The van der Waals surface area contributed by atoms with Gasteiger partial charge in [0.25, 0.3) is 5.91 Å². The first-order valence-corrected chi connectivity index (χ1v) is 8.27. The molecule has 0 N–H and O–H groups in total. The SMILES string of the molecule is COc1ccc(CN2CCN(C(=O)c3ccc(F)c(F)c3F)CC2)cc1. The van der Waals surface area contributed by atoms with Gasteiger partial charge in [0.05, 0.1) is 12.7 Å². The third kappa shape index (κ3) is 3.83. The zero-order valence-corrected chi connectivity index (χ0v) is 14.3. The van der Waals surface area contributed by atoms with Crippen LogP contribution in [0.3, 0.4) is 0 Å². The molecule has 3 rings (SSSR count). The summed E-state index contributed by atoms with van der Waals surface area (Å²) in [6.45, 7) is 2.75. The van der Waals surface area contributed by atoms with Gasteiger partial charge >= 0.3 is 0 Å². The highest BCUT2D eigenvalue weighted by Crippen LogP contribution is 2.19. The van der Waals surface area contributed by atoms with E-state index >= 15 is 0 Å². The summed E-state index contributed by atoms with van der Waals surface area (Å²) in [5.41, 5.74) is 0.685. The first-order chi connectivity index (χ1) is 12.5. The highest BCUT2D eigenvalue weighted by molar-refractivity contribution is 5.94. The molecule has 0 aromatic heterocycles. The molecule has 1 amide bonds. The molecule has 1 heterocycles. The maximum atomic E-state index is 13.8. The first-order valence-electron chi connectivity index (χ1n) is 8.27. The Balaban J connectivity index is 1.59. The van der Waals surface area contributed by atoms with Crippen molar-refractivity contribution in [1.29, 1.82) is 0 Å². The van der Waals surface area contributed by atoms with E-state index in [1.165, 1.54) is 4.90 Å². The topological polar surface area (TPSA) is 32.8 Å². The number of rotatable bonds is 4. The van der Waals surface area contributed by atoms with Crippen LogP contribution in [0.25, 0.3) is 0 Å². The summed E-state index contributed by atoms with van der Waals surface area (Å²) in [5.74, 6) is -4.18. The number of benzene rings is 2. The van der Waals surface area contributed by atoms with Gasteiger partial charge in [0.1, 0.15) is 5.75 Å². The number of carbonyl (C=O) groups is 1. The number of piperazine rings is 1. The van der Waals surface area contributed by atoms with Crippen molar-refractivity contribution in [1.82, 2.24) is 9.80 Å². The van der Waals surface area contributed by atoms with E-state index in [0.717, 1.165) is 30.0 Å². The van der Waals surface area contributed by atoms with E-state index in [0.29, 0.717) is 26.2 Å². The van der Waals surface area contributed by atoms with E-state index < -0.39 is 28.9 Å². The lowest BCUT2D eigenvalue weighted by atomic mass is 10.1. The molecule has 1 aliphatic heterocycles. The van der Waals surface area contributed by atoms with Crippen molar-refractivity contribution in [2.75, 3.05) is 33.3 Å². The van der Waals surface area contributed by atoms with Crippen LogP contribution < -0.4 is 4.74 Å². The second-order valence-electron chi connectivity index (χ2n) is 6.14. The van der Waals surface area contributed by atoms with Gasteiger partial charge in [-0.05, 0) is 29.8 Å². The molecule has 2 aromatic rings. The van der Waals surface area contributed by atoms with E-state index in [-0.39, 0.29) is 0 Å². The van der Waals surface area contributed by atoms with E-state index in [1.807, 2.05) is 24.3 Å². The Hall–Kier alpha value is -2.54. The fourth-order valence-electron chi connectivity index (χ4n) is 2.96. The van der Waals surface area contributed by atoms with Gasteiger partial charge in [0.15, 0.2) is 17.5 Å². The van der Waals surface area contributed by atoms with E-state index in [1.54, 1.807) is 7.11 Å². The van der Waals surface area contributed by atoms with E-state index in [9.17, 15) is 18.0 Å². The molecule has 1 fully saturated rings. The number of nitrogens with zero attached hydrogens (tertiary/aromatic N) is 2. The number of hydrogen-bond acceptors (Lipinski definition) is 3. The minimum Gasteiger partial charge on any atom is -0.497 e. The average molecular weight is 364 g/mol. The second kappa shape index (κ2) is 7.78. The molecule has 0 aliphatic carbocycles. The molecule has 1 saturated heterocycles. The Bertz CT molecular complexity index is 788. The minimum absolute atomic E-state index is 0.396. The van der Waals surface area contributed by atoms with E-state index in [2.05, 4.69) is 4.90 Å². The summed E-state index contributed by atoms with van der Waals surface area (Å²) in [4.78, 5) is 16.0. The molecule has 1 aliphatic rings. The lowest BCUT2D eigenvalue weighted by molar-refractivity contribution is 0.0622. The van der Waals surface area contributed by atoms with Gasteiger partial charge in [-0.1, -0.05) is 12.1 Å². The van der Waals surface area contributed by atoms with Crippen LogP contribution in [0.4, 0.5) is 13.2 Å². The number of amides is 1. The zero-order chi connectivity index (χ0) is 18.7. The van der Waals surface area contributed by atoms with Crippen molar-refractivity contribution in [2.24, 2.45) is 0 Å². The molecule has 0 spiro atoms. The highest BCUT2D eigenvalue weighted by atomic mass is 19.2. The molecular formula is C19H19F3N2O2. The maximum absolute atomic E-state index is 13.8. The summed E-state index contributed by atoms with van der Waals surface area (Å²) < 4.78 is 45.3. The molecular weight excluding hydrogens is 345 g/mol. The molecule has 2 aromatic carbocycles. The largest absolute Gasteiger partial charge is 0.497 e. The van der Waals surface area contributed by atoms with Crippen molar-refractivity contribution in [3.63, 3.8) is 0 Å². The van der Waals surface area contributed by atoms with Crippen molar-refractivity contribution in [2.45, 2.75) is 6.54 Å². The maximum Gasteiger partial charge on any atom is 0.257 e. The van der Waals surface area contributed by atoms with Crippen molar-refractivity contribution < 1.29 is 22.7 Å². The summed E-state index contributed by atoms with van der Waals surface area (Å²) in [6, 6.07) is 9.49. The van der Waals surface area contributed by atoms with Crippen molar-refractivity contribution >= 4 is 5.91 Å². The molecule has 4 nitrogen and oxygen atoms in total. The van der Waals surface area contributed by atoms with Crippen molar-refractivity contribution in [3.8, 4) is 5.75 Å². The van der Waals surface area contributed by atoms with Crippen LogP contribution in [0.5, 0.6) is 5.75 Å². The summed E-state index contributed by atoms with van der Waals surface area (Å²) in [5, 5.41) is 0. The molecule has 7 heteroatoms. The second-order valence-corrected chi connectivity index (χ2v) is 6.14. The lowest BCUT2D eigenvalue weighted by Crippen LogP contribution is -2.48. The Morgan fingerprint density at radius 2 is 1.62 bits per heavy atom. The summed E-state index contributed by atoms with van der Waals surface area (Å²) >= 11 is 0. The average Bonchev–Trinajstić information content (AvgIpc) is 2.67. The van der Waals surface area contributed by atoms with Gasteiger partial charge in [-0.15, -0.1) is 0 Å². The Morgan fingerprint density at radius 3 is 2.23 bits per heavy atom. The Labute approximate surface area is 149 Å². The van der Waals surface area contributed by atoms with Crippen LogP contribution in [-0.4, -0.2) is 49.0 Å². The smallest absolute Gasteiger partial charge is 0.257 e.